The maximum Gasteiger partial charge on any atom is 0.317 e. The van der Waals surface area contributed by atoms with E-state index in [-0.39, 0.29) is 6.03 Å². The molecule has 0 spiro atoms. The summed E-state index contributed by atoms with van der Waals surface area (Å²) in [4.78, 5) is 13.6. The van der Waals surface area contributed by atoms with E-state index >= 15 is 0 Å². The summed E-state index contributed by atoms with van der Waals surface area (Å²) in [5.41, 5.74) is 0. The predicted octanol–water partition coefficient (Wildman–Crippen LogP) is 2.23. The second kappa shape index (κ2) is 5.89. The number of nitrogens with one attached hydrogen (secondary N) is 1. The van der Waals surface area contributed by atoms with E-state index in [1.54, 1.807) is 0 Å². The van der Waals surface area contributed by atoms with Gasteiger partial charge in [0, 0.05) is 19.6 Å². The zero-order valence-corrected chi connectivity index (χ0v) is 9.38. The number of amides is 2. The van der Waals surface area contributed by atoms with E-state index in [1.807, 2.05) is 11.8 Å². The number of urea groups is 1. The van der Waals surface area contributed by atoms with Gasteiger partial charge in [0.25, 0.3) is 0 Å². The molecule has 82 valence electrons. The van der Waals surface area contributed by atoms with Crippen molar-refractivity contribution in [2.45, 2.75) is 39.5 Å². The summed E-state index contributed by atoms with van der Waals surface area (Å²) < 4.78 is 0. The van der Waals surface area contributed by atoms with E-state index in [0.29, 0.717) is 0 Å². The second-order valence-corrected chi connectivity index (χ2v) is 4.07. The van der Waals surface area contributed by atoms with Crippen LogP contribution in [0.25, 0.3) is 0 Å². The van der Waals surface area contributed by atoms with Gasteiger partial charge in [-0.25, -0.2) is 4.79 Å². The van der Waals surface area contributed by atoms with Crippen molar-refractivity contribution in [2.24, 2.45) is 5.92 Å². The molecule has 1 rings (SSSR count). The van der Waals surface area contributed by atoms with E-state index in [9.17, 15) is 4.79 Å². The van der Waals surface area contributed by atoms with Crippen molar-refractivity contribution < 1.29 is 4.79 Å². The molecule has 0 radical (unpaired) electrons. The number of rotatable bonds is 6. The highest BCUT2D eigenvalue weighted by Crippen LogP contribution is 2.29. The highest BCUT2D eigenvalue weighted by Gasteiger charge is 2.25. The van der Waals surface area contributed by atoms with Gasteiger partial charge in [0.2, 0.25) is 0 Å². The summed E-state index contributed by atoms with van der Waals surface area (Å²) in [7, 11) is 0. The zero-order valence-electron chi connectivity index (χ0n) is 9.38. The Morgan fingerprint density at radius 1 is 1.43 bits per heavy atom. The lowest BCUT2D eigenvalue weighted by molar-refractivity contribution is 0.198. The molecule has 3 heteroatoms. The number of carbonyl (C=O) groups is 1. The standard InChI is InChI=1S/C11H22N2O/c1-3-5-8-12-11(14)13(4-2)9-10-6-7-10/h10H,3-9H2,1-2H3,(H,12,14). The predicted molar refractivity (Wildman–Crippen MR) is 58.3 cm³/mol. The van der Waals surface area contributed by atoms with Crippen LogP contribution in [0.3, 0.4) is 0 Å². The van der Waals surface area contributed by atoms with Crippen LogP contribution in [0.2, 0.25) is 0 Å². The third-order valence-corrected chi connectivity index (χ3v) is 2.65. The van der Waals surface area contributed by atoms with Crippen molar-refractivity contribution in [1.82, 2.24) is 10.2 Å². The lowest BCUT2D eigenvalue weighted by atomic mass is 10.3. The molecule has 0 aliphatic heterocycles. The first-order valence-corrected chi connectivity index (χ1v) is 5.80. The average Bonchev–Trinajstić information content (AvgIpc) is 2.98. The molecule has 0 unspecified atom stereocenters. The Kier molecular flexibility index (Phi) is 4.77. The Balaban J connectivity index is 2.16. The van der Waals surface area contributed by atoms with E-state index in [1.165, 1.54) is 12.8 Å². The van der Waals surface area contributed by atoms with Crippen LogP contribution in [-0.4, -0.2) is 30.6 Å². The van der Waals surface area contributed by atoms with Crippen LogP contribution >= 0.6 is 0 Å². The van der Waals surface area contributed by atoms with Crippen LogP contribution in [0.15, 0.2) is 0 Å². The fourth-order valence-corrected chi connectivity index (χ4v) is 1.45. The molecule has 14 heavy (non-hydrogen) atoms. The summed E-state index contributed by atoms with van der Waals surface area (Å²) in [6.45, 7) is 6.77. The summed E-state index contributed by atoms with van der Waals surface area (Å²) in [5.74, 6) is 0.784. The molecule has 0 aromatic carbocycles. The summed E-state index contributed by atoms with van der Waals surface area (Å²) in [6, 6.07) is 0.118. The van der Waals surface area contributed by atoms with Gasteiger partial charge in [0.05, 0.1) is 0 Å². The SMILES string of the molecule is CCCCNC(=O)N(CC)CC1CC1. The van der Waals surface area contributed by atoms with Crippen molar-refractivity contribution in [3.8, 4) is 0 Å². The fourth-order valence-electron chi connectivity index (χ4n) is 1.45. The van der Waals surface area contributed by atoms with Gasteiger partial charge >= 0.3 is 6.03 Å². The normalized spacial score (nSPS) is 15.3. The van der Waals surface area contributed by atoms with Crippen LogP contribution in [-0.2, 0) is 0 Å². The lowest BCUT2D eigenvalue weighted by Gasteiger charge is -2.21. The van der Waals surface area contributed by atoms with E-state index in [4.69, 9.17) is 0 Å². The molecule has 0 atom stereocenters. The molecule has 2 amide bonds. The molecule has 1 fully saturated rings. The number of hydrogen-bond donors (Lipinski definition) is 1. The molecule has 0 aromatic rings. The van der Waals surface area contributed by atoms with Crippen molar-refractivity contribution in [2.75, 3.05) is 19.6 Å². The molecule has 1 N–H and O–H groups in total. The van der Waals surface area contributed by atoms with Gasteiger partial charge in [-0.05, 0) is 32.1 Å². The van der Waals surface area contributed by atoms with Gasteiger partial charge in [-0.15, -0.1) is 0 Å². The number of hydrogen-bond acceptors (Lipinski definition) is 1. The Bertz CT molecular complexity index is 178. The molecule has 3 nitrogen and oxygen atoms in total. The van der Waals surface area contributed by atoms with Gasteiger partial charge in [-0.3, -0.25) is 0 Å². The largest absolute Gasteiger partial charge is 0.338 e. The van der Waals surface area contributed by atoms with Gasteiger partial charge in [0.1, 0.15) is 0 Å². The van der Waals surface area contributed by atoms with Gasteiger partial charge in [0.15, 0.2) is 0 Å². The van der Waals surface area contributed by atoms with E-state index in [0.717, 1.165) is 38.4 Å². The lowest BCUT2D eigenvalue weighted by Crippen LogP contribution is -2.41. The summed E-state index contributed by atoms with van der Waals surface area (Å²) >= 11 is 0. The Morgan fingerprint density at radius 2 is 2.14 bits per heavy atom. The molecule has 1 aliphatic rings. The third-order valence-electron chi connectivity index (χ3n) is 2.65. The van der Waals surface area contributed by atoms with E-state index in [2.05, 4.69) is 12.2 Å². The first-order valence-electron chi connectivity index (χ1n) is 5.80. The molecule has 0 heterocycles. The minimum absolute atomic E-state index is 0.118. The van der Waals surface area contributed by atoms with Crippen LogP contribution in [0.5, 0.6) is 0 Å². The minimum atomic E-state index is 0.118. The molecule has 1 saturated carbocycles. The van der Waals surface area contributed by atoms with Crippen LogP contribution in [0, 0.1) is 5.92 Å². The highest BCUT2D eigenvalue weighted by atomic mass is 16.2. The Hall–Kier alpha value is -0.730. The summed E-state index contributed by atoms with van der Waals surface area (Å²) in [6.07, 6.45) is 4.82. The molecule has 1 aliphatic carbocycles. The molecular weight excluding hydrogens is 176 g/mol. The Labute approximate surface area is 86.9 Å². The quantitative estimate of drug-likeness (QED) is 0.652. The topological polar surface area (TPSA) is 32.3 Å². The Morgan fingerprint density at radius 3 is 2.64 bits per heavy atom. The summed E-state index contributed by atoms with van der Waals surface area (Å²) in [5, 5.41) is 2.95. The number of unbranched alkanes of at least 4 members (excludes halogenated alkanes) is 1. The first-order chi connectivity index (χ1) is 6.77. The number of carbonyl (C=O) groups excluding carboxylic acids is 1. The molecular formula is C11H22N2O. The van der Waals surface area contributed by atoms with Crippen molar-refractivity contribution >= 4 is 6.03 Å². The third kappa shape index (κ3) is 3.99. The van der Waals surface area contributed by atoms with E-state index < -0.39 is 0 Å². The van der Waals surface area contributed by atoms with Crippen LogP contribution in [0.4, 0.5) is 4.79 Å². The van der Waals surface area contributed by atoms with Crippen LogP contribution < -0.4 is 5.32 Å². The monoisotopic (exact) mass is 198 g/mol. The number of nitrogens with zero attached hydrogens (tertiary/aromatic N) is 1. The molecule has 0 saturated heterocycles. The van der Waals surface area contributed by atoms with Crippen molar-refractivity contribution in [3.63, 3.8) is 0 Å². The maximum absolute atomic E-state index is 11.6. The van der Waals surface area contributed by atoms with Crippen molar-refractivity contribution in [3.05, 3.63) is 0 Å². The minimum Gasteiger partial charge on any atom is -0.338 e. The first kappa shape index (κ1) is 11.3. The van der Waals surface area contributed by atoms with Gasteiger partial charge in [-0.2, -0.15) is 0 Å². The molecule has 0 bridgehead atoms. The average molecular weight is 198 g/mol. The van der Waals surface area contributed by atoms with Gasteiger partial charge in [-0.1, -0.05) is 13.3 Å². The smallest absolute Gasteiger partial charge is 0.317 e. The zero-order chi connectivity index (χ0) is 10.4. The van der Waals surface area contributed by atoms with Gasteiger partial charge < -0.3 is 10.2 Å². The highest BCUT2D eigenvalue weighted by molar-refractivity contribution is 5.74. The second-order valence-electron chi connectivity index (χ2n) is 4.07. The maximum atomic E-state index is 11.6. The van der Waals surface area contributed by atoms with Crippen molar-refractivity contribution in [1.29, 1.82) is 0 Å². The fraction of sp³-hybridized carbons (Fsp3) is 0.909. The molecule has 0 aromatic heterocycles. The van der Waals surface area contributed by atoms with Crippen LogP contribution in [0.1, 0.15) is 39.5 Å².